The van der Waals surface area contributed by atoms with E-state index in [0.717, 1.165) is 11.1 Å². The number of aromatic nitrogens is 6. The van der Waals surface area contributed by atoms with Crippen LogP contribution in [0.3, 0.4) is 0 Å². The van der Waals surface area contributed by atoms with E-state index in [9.17, 15) is 19.8 Å². The van der Waals surface area contributed by atoms with Gasteiger partial charge in [0.15, 0.2) is 17.0 Å². The molecule has 15 nitrogen and oxygen atoms in total. The third-order valence-electron chi connectivity index (χ3n) is 8.54. The van der Waals surface area contributed by atoms with Crippen LogP contribution in [0.1, 0.15) is 53.3 Å². The Morgan fingerprint density at radius 1 is 0.979 bits per heavy atom. The zero-order valence-corrected chi connectivity index (χ0v) is 26.9. The normalized spacial score (nSPS) is 19.0. The van der Waals surface area contributed by atoms with Crippen molar-refractivity contribution in [2.75, 3.05) is 26.6 Å². The molecule has 5 N–H and O–H groups in total. The predicted octanol–water partition coefficient (Wildman–Crippen LogP) is 2.15. The SMILES string of the molecule is CCC(=O)N[C@H]1C[C@@H](n2cnc3c(NC(c4ccc(OC)cc4)c4ccc(OC)cc4)nc(-n4cc(C(=O)NC)cn4)nc32)[C@H](O)[C@@H]1O. The molecule has 0 spiro atoms. The van der Waals surface area contributed by atoms with E-state index >= 15 is 0 Å². The van der Waals surface area contributed by atoms with Crippen LogP contribution in [-0.2, 0) is 4.79 Å². The molecular weight excluding hydrogens is 618 g/mol. The van der Waals surface area contributed by atoms with E-state index in [1.807, 2.05) is 48.5 Å². The van der Waals surface area contributed by atoms with Crippen molar-refractivity contribution < 1.29 is 29.3 Å². The smallest absolute Gasteiger partial charge is 0.254 e. The average molecular weight is 656 g/mol. The second kappa shape index (κ2) is 13.7. The van der Waals surface area contributed by atoms with E-state index in [1.54, 1.807) is 25.7 Å². The number of aliphatic hydroxyl groups excluding tert-OH is 2. The zero-order chi connectivity index (χ0) is 33.9. The van der Waals surface area contributed by atoms with Crippen molar-refractivity contribution in [3.8, 4) is 17.4 Å². The van der Waals surface area contributed by atoms with Crippen LogP contribution in [-0.4, -0.2) is 90.8 Å². The number of aliphatic hydroxyl groups is 2. The summed E-state index contributed by atoms with van der Waals surface area (Å²) in [5.41, 5.74) is 2.85. The van der Waals surface area contributed by atoms with Crippen LogP contribution in [0.2, 0.25) is 0 Å². The fourth-order valence-electron chi connectivity index (χ4n) is 5.87. The van der Waals surface area contributed by atoms with Crippen molar-refractivity contribution in [1.82, 2.24) is 39.9 Å². The maximum atomic E-state index is 12.3. The number of benzene rings is 2. The summed E-state index contributed by atoms with van der Waals surface area (Å²) in [5, 5.41) is 35.2. The summed E-state index contributed by atoms with van der Waals surface area (Å²) in [5.74, 6) is 1.34. The van der Waals surface area contributed by atoms with E-state index in [1.165, 1.54) is 30.5 Å². The molecule has 5 aromatic rings. The Kier molecular flexibility index (Phi) is 9.23. The summed E-state index contributed by atoms with van der Waals surface area (Å²) in [7, 11) is 4.74. The maximum absolute atomic E-state index is 12.3. The lowest BCUT2D eigenvalue weighted by Crippen LogP contribution is -2.42. The number of hydrogen-bond donors (Lipinski definition) is 5. The number of nitrogens with one attached hydrogen (secondary N) is 3. The van der Waals surface area contributed by atoms with Gasteiger partial charge in [0.05, 0.1) is 50.4 Å². The predicted molar refractivity (Wildman–Crippen MR) is 175 cm³/mol. The van der Waals surface area contributed by atoms with E-state index in [-0.39, 0.29) is 30.6 Å². The average Bonchev–Trinajstić information content (AvgIpc) is 3.85. The van der Waals surface area contributed by atoms with Crippen LogP contribution in [0.5, 0.6) is 11.5 Å². The van der Waals surface area contributed by atoms with Gasteiger partial charge in [-0.15, -0.1) is 0 Å². The Morgan fingerprint density at radius 3 is 2.21 bits per heavy atom. The fraction of sp³-hybridized carbons (Fsp3) is 0.333. The second-order valence-electron chi connectivity index (χ2n) is 11.4. The van der Waals surface area contributed by atoms with Crippen molar-refractivity contribution in [1.29, 1.82) is 0 Å². The number of rotatable bonds is 11. The van der Waals surface area contributed by atoms with Gasteiger partial charge in [0, 0.05) is 19.7 Å². The van der Waals surface area contributed by atoms with E-state index < -0.39 is 30.3 Å². The van der Waals surface area contributed by atoms with Gasteiger partial charge in [-0.2, -0.15) is 15.1 Å². The summed E-state index contributed by atoms with van der Waals surface area (Å²) < 4.78 is 13.8. The molecule has 0 saturated heterocycles. The van der Waals surface area contributed by atoms with Gasteiger partial charge in [0.1, 0.15) is 23.7 Å². The highest BCUT2D eigenvalue weighted by Gasteiger charge is 2.44. The molecule has 0 bridgehead atoms. The molecule has 0 unspecified atom stereocenters. The minimum Gasteiger partial charge on any atom is -0.497 e. The Labute approximate surface area is 275 Å². The molecule has 48 heavy (non-hydrogen) atoms. The van der Waals surface area contributed by atoms with Gasteiger partial charge >= 0.3 is 0 Å². The summed E-state index contributed by atoms with van der Waals surface area (Å²) in [6.07, 6.45) is 2.53. The van der Waals surface area contributed by atoms with Gasteiger partial charge in [0.25, 0.3) is 11.9 Å². The molecule has 6 rings (SSSR count). The number of nitrogens with zero attached hydrogens (tertiary/aromatic N) is 6. The van der Waals surface area contributed by atoms with Gasteiger partial charge in [-0.1, -0.05) is 31.2 Å². The molecular formula is C33H37N9O6. The largest absolute Gasteiger partial charge is 0.497 e. The quantitative estimate of drug-likeness (QED) is 0.140. The lowest BCUT2D eigenvalue weighted by atomic mass is 9.98. The first-order chi connectivity index (χ1) is 23.2. The number of ether oxygens (including phenoxy) is 2. The Morgan fingerprint density at radius 2 is 1.62 bits per heavy atom. The van der Waals surface area contributed by atoms with Crippen LogP contribution in [0.4, 0.5) is 5.82 Å². The number of carbonyl (C=O) groups is 2. The zero-order valence-electron chi connectivity index (χ0n) is 26.9. The number of methoxy groups -OCH3 is 2. The van der Waals surface area contributed by atoms with Crippen LogP contribution in [0.25, 0.3) is 17.1 Å². The van der Waals surface area contributed by atoms with Crippen LogP contribution in [0, 0.1) is 0 Å². The molecule has 2 amide bonds. The highest BCUT2D eigenvalue weighted by molar-refractivity contribution is 5.93. The molecule has 0 aliphatic heterocycles. The van der Waals surface area contributed by atoms with Gasteiger partial charge in [-0.05, 0) is 41.8 Å². The van der Waals surface area contributed by atoms with Gasteiger partial charge in [-0.25, -0.2) is 9.67 Å². The third kappa shape index (κ3) is 6.24. The monoisotopic (exact) mass is 655 g/mol. The molecule has 250 valence electrons. The lowest BCUT2D eigenvalue weighted by Gasteiger charge is -2.22. The molecule has 3 heterocycles. The van der Waals surface area contributed by atoms with E-state index in [0.29, 0.717) is 34.0 Å². The molecule has 4 atom stereocenters. The Hall–Kier alpha value is -5.54. The van der Waals surface area contributed by atoms with Crippen molar-refractivity contribution in [2.45, 2.75) is 50.1 Å². The first-order valence-electron chi connectivity index (χ1n) is 15.5. The lowest BCUT2D eigenvalue weighted by molar-refractivity contribution is -0.122. The van der Waals surface area contributed by atoms with Crippen molar-refractivity contribution in [2.24, 2.45) is 0 Å². The number of hydrogen-bond acceptors (Lipinski definition) is 11. The summed E-state index contributed by atoms with van der Waals surface area (Å²) in [4.78, 5) is 38.7. The molecule has 1 aliphatic carbocycles. The highest BCUT2D eigenvalue weighted by Crippen LogP contribution is 2.36. The van der Waals surface area contributed by atoms with Crippen LogP contribution in [0.15, 0.2) is 67.3 Å². The Balaban J connectivity index is 1.47. The number of amides is 2. The number of carbonyl (C=O) groups excluding carboxylic acids is 2. The first kappa shape index (κ1) is 32.4. The van der Waals surface area contributed by atoms with Gasteiger partial charge < -0.3 is 40.2 Å². The molecule has 0 radical (unpaired) electrons. The standard InChI is InChI=1S/C33H37N9O6/c1-5-25(43)37-23-14-24(29(45)28(23)44)41-17-35-27-30(39-33(40-31(27)41)42-16-20(15-36-42)32(46)34-2)38-26(18-6-10-21(47-3)11-7-18)19-8-12-22(48-4)13-9-19/h6-13,15-17,23-24,26,28-29,44-45H,5,14H2,1-4H3,(H,34,46)(H,37,43)(H,38,39,40)/t23-,24+,28+,29-/m0/s1. The molecule has 1 fully saturated rings. The third-order valence-corrected chi connectivity index (χ3v) is 8.54. The van der Waals surface area contributed by atoms with Crippen LogP contribution < -0.4 is 25.4 Å². The molecule has 15 heteroatoms. The van der Waals surface area contributed by atoms with Crippen molar-refractivity contribution >= 4 is 28.8 Å². The van der Waals surface area contributed by atoms with Gasteiger partial charge in [0.2, 0.25) is 5.91 Å². The molecule has 1 saturated carbocycles. The minimum atomic E-state index is -1.21. The van der Waals surface area contributed by atoms with Gasteiger partial charge in [-0.3, -0.25) is 9.59 Å². The summed E-state index contributed by atoms with van der Waals surface area (Å²) >= 11 is 0. The number of fused-ring (bicyclic) bond motifs is 1. The van der Waals surface area contributed by atoms with Crippen molar-refractivity contribution in [3.05, 3.63) is 83.9 Å². The number of anilines is 1. The maximum Gasteiger partial charge on any atom is 0.254 e. The fourth-order valence-corrected chi connectivity index (χ4v) is 5.87. The summed E-state index contributed by atoms with van der Waals surface area (Å²) in [6, 6.07) is 13.5. The molecule has 2 aromatic carbocycles. The van der Waals surface area contributed by atoms with E-state index in [2.05, 4.69) is 26.0 Å². The molecule has 1 aliphatic rings. The minimum absolute atomic E-state index is 0.133. The van der Waals surface area contributed by atoms with Crippen LogP contribution >= 0.6 is 0 Å². The highest BCUT2D eigenvalue weighted by atomic mass is 16.5. The topological polar surface area (TPSA) is 191 Å². The second-order valence-corrected chi connectivity index (χ2v) is 11.4. The van der Waals surface area contributed by atoms with E-state index in [4.69, 9.17) is 19.4 Å². The van der Waals surface area contributed by atoms with Crippen molar-refractivity contribution in [3.63, 3.8) is 0 Å². The Bertz CT molecular complexity index is 1860. The first-order valence-corrected chi connectivity index (χ1v) is 15.5. The molecule has 3 aromatic heterocycles. The number of imidazole rings is 1. The summed E-state index contributed by atoms with van der Waals surface area (Å²) in [6.45, 7) is 1.72.